The first-order valence-corrected chi connectivity index (χ1v) is 5.57. The average Bonchev–Trinajstić information content (AvgIpc) is 2.30. The second kappa shape index (κ2) is 4.15. The highest BCUT2D eigenvalue weighted by molar-refractivity contribution is 8.00. The van der Waals surface area contributed by atoms with Gasteiger partial charge in [-0.1, -0.05) is 25.7 Å². The number of rotatable bonds is 2. The van der Waals surface area contributed by atoms with Crippen LogP contribution >= 0.6 is 11.8 Å². The van der Waals surface area contributed by atoms with E-state index in [0.29, 0.717) is 0 Å². The lowest BCUT2D eigenvalue weighted by molar-refractivity contribution is -0.110. The second-order valence-electron chi connectivity index (χ2n) is 3.30. The van der Waals surface area contributed by atoms with Gasteiger partial charge in [0.2, 0.25) is 0 Å². The van der Waals surface area contributed by atoms with E-state index in [1.807, 2.05) is 0 Å². The molecule has 0 bridgehead atoms. The van der Waals surface area contributed by atoms with Gasteiger partial charge in [0, 0.05) is 0 Å². The minimum absolute atomic E-state index is 0.0174. The van der Waals surface area contributed by atoms with E-state index in [9.17, 15) is 4.79 Å². The summed E-state index contributed by atoms with van der Waals surface area (Å²) in [6.45, 7) is 0. The lowest BCUT2D eigenvalue weighted by atomic mass is 10.0. The fourth-order valence-corrected chi connectivity index (χ4v) is 2.49. The van der Waals surface area contributed by atoms with Crippen molar-refractivity contribution in [3.8, 4) is 0 Å². The first-order chi connectivity index (χ1) is 5.33. The topological polar surface area (TPSA) is 17.1 Å². The highest BCUT2D eigenvalue weighted by Gasteiger charge is 2.28. The Morgan fingerprint density at radius 1 is 1.18 bits per heavy atom. The van der Waals surface area contributed by atoms with Crippen molar-refractivity contribution in [2.75, 3.05) is 6.26 Å². The molecule has 0 aromatic carbocycles. The predicted octanol–water partition coefficient (Wildman–Crippen LogP) is 2.64. The minimum atomic E-state index is -0.0174. The summed E-state index contributed by atoms with van der Waals surface area (Å²) in [5.41, 5.74) is 0. The van der Waals surface area contributed by atoms with Gasteiger partial charge in [0.05, 0.1) is 4.75 Å². The summed E-state index contributed by atoms with van der Waals surface area (Å²) < 4.78 is -0.0174. The third-order valence-electron chi connectivity index (χ3n) is 2.57. The Morgan fingerprint density at radius 2 is 1.73 bits per heavy atom. The quantitative estimate of drug-likeness (QED) is 0.470. The van der Waals surface area contributed by atoms with Crippen LogP contribution in [-0.2, 0) is 4.79 Å². The number of carbonyl (C=O) groups is 1. The van der Waals surface area contributed by atoms with Crippen molar-refractivity contribution >= 4 is 18.0 Å². The van der Waals surface area contributed by atoms with E-state index in [2.05, 4.69) is 6.26 Å². The van der Waals surface area contributed by atoms with E-state index in [-0.39, 0.29) is 4.75 Å². The summed E-state index contributed by atoms with van der Waals surface area (Å²) >= 11 is 1.74. The van der Waals surface area contributed by atoms with Crippen LogP contribution < -0.4 is 0 Å². The molecular formula is C9H16OS. The molecule has 0 N–H and O–H groups in total. The summed E-state index contributed by atoms with van der Waals surface area (Å²) in [6, 6.07) is 0. The van der Waals surface area contributed by atoms with E-state index in [1.54, 1.807) is 11.8 Å². The maximum atomic E-state index is 10.8. The van der Waals surface area contributed by atoms with E-state index in [0.717, 1.165) is 12.8 Å². The van der Waals surface area contributed by atoms with Crippen LogP contribution in [0.4, 0.5) is 0 Å². The standard InChI is InChI=1S/C9H16OS/c1-11-9(8-10)6-4-2-3-5-7-9/h8H,2-7H2,1H3. The van der Waals surface area contributed by atoms with Gasteiger partial charge in [0.1, 0.15) is 6.29 Å². The van der Waals surface area contributed by atoms with Crippen LogP contribution in [0.3, 0.4) is 0 Å². The molecule has 1 rings (SSSR count). The van der Waals surface area contributed by atoms with Crippen molar-refractivity contribution < 1.29 is 4.79 Å². The van der Waals surface area contributed by atoms with Gasteiger partial charge in [-0.15, -0.1) is 0 Å². The second-order valence-corrected chi connectivity index (χ2v) is 4.52. The Kier molecular flexibility index (Phi) is 3.44. The van der Waals surface area contributed by atoms with Crippen molar-refractivity contribution in [2.24, 2.45) is 0 Å². The third kappa shape index (κ3) is 2.22. The average molecular weight is 172 g/mol. The summed E-state index contributed by atoms with van der Waals surface area (Å²) in [6.07, 6.45) is 10.5. The van der Waals surface area contributed by atoms with E-state index in [4.69, 9.17) is 0 Å². The molecule has 11 heavy (non-hydrogen) atoms. The van der Waals surface area contributed by atoms with Crippen molar-refractivity contribution in [3.63, 3.8) is 0 Å². The Morgan fingerprint density at radius 3 is 2.09 bits per heavy atom. The van der Waals surface area contributed by atoms with E-state index < -0.39 is 0 Å². The molecule has 0 heterocycles. The van der Waals surface area contributed by atoms with Gasteiger partial charge in [-0.3, -0.25) is 0 Å². The predicted molar refractivity (Wildman–Crippen MR) is 50.0 cm³/mol. The number of hydrogen-bond donors (Lipinski definition) is 0. The van der Waals surface area contributed by atoms with Crippen LogP contribution in [0.1, 0.15) is 38.5 Å². The molecule has 0 atom stereocenters. The van der Waals surface area contributed by atoms with Crippen LogP contribution in [0, 0.1) is 0 Å². The molecule has 0 aromatic rings. The van der Waals surface area contributed by atoms with Gasteiger partial charge < -0.3 is 4.79 Å². The fraction of sp³-hybridized carbons (Fsp3) is 0.889. The number of carbonyl (C=O) groups excluding carboxylic acids is 1. The first-order valence-electron chi connectivity index (χ1n) is 4.34. The maximum absolute atomic E-state index is 10.8. The molecule has 64 valence electrons. The zero-order valence-corrected chi connectivity index (χ0v) is 7.95. The van der Waals surface area contributed by atoms with Gasteiger partial charge >= 0.3 is 0 Å². The molecule has 1 aliphatic carbocycles. The van der Waals surface area contributed by atoms with Gasteiger partial charge in [0.15, 0.2) is 0 Å². The molecule has 0 amide bonds. The molecule has 0 radical (unpaired) electrons. The zero-order chi connectivity index (χ0) is 8.16. The van der Waals surface area contributed by atoms with Crippen molar-refractivity contribution in [1.82, 2.24) is 0 Å². The third-order valence-corrected chi connectivity index (χ3v) is 3.89. The Balaban J connectivity index is 2.55. The monoisotopic (exact) mass is 172 g/mol. The first kappa shape index (κ1) is 9.11. The highest BCUT2D eigenvalue weighted by Crippen LogP contribution is 2.35. The molecule has 0 spiro atoms. The normalized spacial score (nSPS) is 24.1. The van der Waals surface area contributed by atoms with E-state index >= 15 is 0 Å². The number of hydrogen-bond acceptors (Lipinski definition) is 2. The van der Waals surface area contributed by atoms with Crippen LogP contribution in [0.25, 0.3) is 0 Å². The molecule has 1 saturated carbocycles. The summed E-state index contributed by atoms with van der Waals surface area (Å²) in [4.78, 5) is 10.8. The van der Waals surface area contributed by atoms with Crippen LogP contribution in [0.2, 0.25) is 0 Å². The van der Waals surface area contributed by atoms with Gasteiger partial charge in [-0.2, -0.15) is 11.8 Å². The SMILES string of the molecule is CSC1(C=O)CCCCCC1. The number of aldehydes is 1. The molecule has 0 aromatic heterocycles. The highest BCUT2D eigenvalue weighted by atomic mass is 32.2. The summed E-state index contributed by atoms with van der Waals surface area (Å²) in [5, 5.41) is 0. The largest absolute Gasteiger partial charge is 0.302 e. The van der Waals surface area contributed by atoms with Crippen LogP contribution in [-0.4, -0.2) is 17.3 Å². The molecular weight excluding hydrogens is 156 g/mol. The molecule has 1 nitrogen and oxygen atoms in total. The van der Waals surface area contributed by atoms with Crippen LogP contribution in [0.15, 0.2) is 0 Å². The van der Waals surface area contributed by atoms with Crippen molar-refractivity contribution in [1.29, 1.82) is 0 Å². The maximum Gasteiger partial charge on any atom is 0.136 e. The van der Waals surface area contributed by atoms with Gasteiger partial charge in [-0.05, 0) is 19.1 Å². The lowest BCUT2D eigenvalue weighted by Gasteiger charge is -2.23. The molecule has 1 aliphatic rings. The summed E-state index contributed by atoms with van der Waals surface area (Å²) in [7, 11) is 0. The van der Waals surface area contributed by atoms with Crippen molar-refractivity contribution in [3.05, 3.63) is 0 Å². The molecule has 0 aliphatic heterocycles. The number of thioether (sulfide) groups is 1. The zero-order valence-electron chi connectivity index (χ0n) is 7.14. The van der Waals surface area contributed by atoms with Gasteiger partial charge in [-0.25, -0.2) is 0 Å². The Hall–Kier alpha value is 0.0200. The van der Waals surface area contributed by atoms with E-state index in [1.165, 1.54) is 32.0 Å². The van der Waals surface area contributed by atoms with Gasteiger partial charge in [0.25, 0.3) is 0 Å². The fourth-order valence-electron chi connectivity index (χ4n) is 1.70. The molecule has 0 saturated heterocycles. The summed E-state index contributed by atoms with van der Waals surface area (Å²) in [5.74, 6) is 0. The van der Waals surface area contributed by atoms with Crippen molar-refractivity contribution in [2.45, 2.75) is 43.3 Å². The Labute approximate surface area is 72.9 Å². The van der Waals surface area contributed by atoms with Crippen LogP contribution in [0.5, 0.6) is 0 Å². The Bertz CT molecular complexity index is 126. The molecule has 1 fully saturated rings. The smallest absolute Gasteiger partial charge is 0.136 e. The minimum Gasteiger partial charge on any atom is -0.302 e. The molecule has 0 unspecified atom stereocenters. The molecule has 2 heteroatoms. The lowest BCUT2D eigenvalue weighted by Crippen LogP contribution is -2.24.